The minimum Gasteiger partial charge on any atom is -0.480 e. The second-order valence-electron chi connectivity index (χ2n) is 7.11. The average molecular weight is 319 g/mol. The molecule has 0 aliphatic heterocycles. The van der Waals surface area contributed by atoms with Crippen LogP contribution in [0.3, 0.4) is 0 Å². The first kappa shape index (κ1) is 18.0. The van der Waals surface area contributed by atoms with Crippen LogP contribution in [-0.2, 0) is 11.2 Å². The first-order valence-corrected chi connectivity index (χ1v) is 8.68. The molecule has 4 nitrogen and oxygen atoms in total. The summed E-state index contributed by atoms with van der Waals surface area (Å²) in [6.45, 7) is 4.50. The zero-order valence-electron chi connectivity index (χ0n) is 14.1. The van der Waals surface area contributed by atoms with Crippen molar-refractivity contribution in [2.24, 2.45) is 17.8 Å². The van der Waals surface area contributed by atoms with Gasteiger partial charge >= 0.3 is 5.97 Å². The molecular formula is C19H29NO3. The molecule has 1 saturated carbocycles. The van der Waals surface area contributed by atoms with Crippen molar-refractivity contribution in [2.75, 3.05) is 0 Å². The van der Waals surface area contributed by atoms with E-state index in [0.717, 1.165) is 37.2 Å². The first-order chi connectivity index (χ1) is 11.0. The van der Waals surface area contributed by atoms with E-state index < -0.39 is 18.2 Å². The van der Waals surface area contributed by atoms with E-state index in [9.17, 15) is 15.0 Å². The Balaban J connectivity index is 1.88. The molecule has 0 bridgehead atoms. The largest absolute Gasteiger partial charge is 0.480 e. The van der Waals surface area contributed by atoms with Gasteiger partial charge in [-0.3, -0.25) is 10.1 Å². The van der Waals surface area contributed by atoms with Gasteiger partial charge in [0.1, 0.15) is 12.3 Å². The quantitative estimate of drug-likeness (QED) is 0.676. The van der Waals surface area contributed by atoms with E-state index in [0.29, 0.717) is 12.3 Å². The molecule has 3 N–H and O–H groups in total. The lowest BCUT2D eigenvalue weighted by Crippen LogP contribution is -2.48. The van der Waals surface area contributed by atoms with Crippen LogP contribution in [-0.4, -0.2) is 28.5 Å². The molecule has 1 fully saturated rings. The van der Waals surface area contributed by atoms with Crippen LogP contribution in [0.15, 0.2) is 30.3 Å². The Kier molecular flexibility index (Phi) is 6.60. The van der Waals surface area contributed by atoms with E-state index in [1.807, 2.05) is 30.3 Å². The summed E-state index contributed by atoms with van der Waals surface area (Å²) in [5.41, 5.74) is 0.961. The fourth-order valence-electron chi connectivity index (χ4n) is 3.54. The van der Waals surface area contributed by atoms with E-state index >= 15 is 0 Å². The first-order valence-electron chi connectivity index (χ1n) is 8.68. The second-order valence-corrected chi connectivity index (χ2v) is 7.11. The number of carboxylic acids is 1. The fourth-order valence-corrected chi connectivity index (χ4v) is 3.54. The van der Waals surface area contributed by atoms with Crippen molar-refractivity contribution >= 4 is 5.97 Å². The molecule has 1 aromatic carbocycles. The number of aliphatic carboxylic acids is 1. The van der Waals surface area contributed by atoms with E-state index in [-0.39, 0.29) is 5.92 Å². The summed E-state index contributed by atoms with van der Waals surface area (Å²) in [7, 11) is 0. The predicted molar refractivity (Wildman–Crippen MR) is 91.0 cm³/mol. The van der Waals surface area contributed by atoms with Crippen molar-refractivity contribution in [2.45, 2.75) is 58.2 Å². The third-order valence-electron chi connectivity index (χ3n) is 5.16. The molecule has 0 unspecified atom stereocenters. The highest BCUT2D eigenvalue weighted by Crippen LogP contribution is 2.34. The van der Waals surface area contributed by atoms with Gasteiger partial charge in [0.2, 0.25) is 0 Å². The number of rotatable bonds is 7. The van der Waals surface area contributed by atoms with Gasteiger partial charge in [-0.15, -0.1) is 0 Å². The third kappa shape index (κ3) is 5.33. The Morgan fingerprint density at radius 3 is 2.22 bits per heavy atom. The summed E-state index contributed by atoms with van der Waals surface area (Å²) < 4.78 is 0. The van der Waals surface area contributed by atoms with E-state index in [1.54, 1.807) is 0 Å². The summed E-state index contributed by atoms with van der Waals surface area (Å²) in [6.07, 6.45) is 3.82. The molecule has 2 atom stereocenters. The summed E-state index contributed by atoms with van der Waals surface area (Å²) in [5.74, 6) is 0.662. The highest BCUT2D eigenvalue weighted by atomic mass is 16.4. The normalized spacial score (nSPS) is 24.3. The van der Waals surface area contributed by atoms with Crippen molar-refractivity contribution in [3.8, 4) is 0 Å². The predicted octanol–water partition coefficient (Wildman–Crippen LogP) is 3.05. The van der Waals surface area contributed by atoms with Gasteiger partial charge in [0.15, 0.2) is 0 Å². The second kappa shape index (κ2) is 8.46. The van der Waals surface area contributed by atoms with Crippen molar-refractivity contribution in [3.63, 3.8) is 0 Å². The van der Waals surface area contributed by atoms with Crippen LogP contribution in [0, 0.1) is 17.8 Å². The molecule has 0 heterocycles. The van der Waals surface area contributed by atoms with E-state index in [2.05, 4.69) is 19.2 Å². The van der Waals surface area contributed by atoms with Crippen LogP contribution >= 0.6 is 0 Å². The lowest BCUT2D eigenvalue weighted by molar-refractivity contribution is -0.141. The summed E-state index contributed by atoms with van der Waals surface area (Å²) >= 11 is 0. The molecule has 0 aromatic heterocycles. The number of hydrogen-bond acceptors (Lipinski definition) is 3. The Hall–Kier alpha value is -1.39. The Bertz CT molecular complexity index is 481. The highest BCUT2D eigenvalue weighted by Gasteiger charge is 2.30. The number of carboxylic acid groups (broad SMARTS) is 1. The van der Waals surface area contributed by atoms with Crippen molar-refractivity contribution in [3.05, 3.63) is 35.9 Å². The number of benzene rings is 1. The van der Waals surface area contributed by atoms with Gasteiger partial charge in [-0.1, -0.05) is 44.2 Å². The van der Waals surface area contributed by atoms with Crippen molar-refractivity contribution in [1.29, 1.82) is 0 Å². The zero-order valence-corrected chi connectivity index (χ0v) is 14.1. The maximum Gasteiger partial charge on any atom is 0.321 e. The SMILES string of the molecule is CC(C)C1CCC([C@@H](O)N[C@H](Cc2ccccc2)C(=O)O)CC1. The molecule has 128 valence electrons. The Labute approximate surface area is 138 Å². The summed E-state index contributed by atoms with van der Waals surface area (Å²) in [6, 6.07) is 8.79. The monoisotopic (exact) mass is 319 g/mol. The van der Waals surface area contributed by atoms with Crippen LogP contribution in [0.4, 0.5) is 0 Å². The third-order valence-corrected chi connectivity index (χ3v) is 5.16. The number of aliphatic hydroxyl groups excluding tert-OH is 1. The van der Waals surface area contributed by atoms with Crippen LogP contribution in [0.25, 0.3) is 0 Å². The van der Waals surface area contributed by atoms with Gasteiger partial charge in [-0.2, -0.15) is 0 Å². The molecule has 0 radical (unpaired) electrons. The van der Waals surface area contributed by atoms with E-state index in [4.69, 9.17) is 0 Å². The van der Waals surface area contributed by atoms with Gasteiger partial charge in [-0.05, 0) is 55.4 Å². The van der Waals surface area contributed by atoms with E-state index in [1.165, 1.54) is 0 Å². The molecule has 23 heavy (non-hydrogen) atoms. The molecule has 2 rings (SSSR count). The van der Waals surface area contributed by atoms with Gasteiger partial charge in [0.25, 0.3) is 0 Å². The summed E-state index contributed by atoms with van der Waals surface area (Å²) in [4.78, 5) is 11.5. The van der Waals surface area contributed by atoms with Gasteiger partial charge in [-0.25, -0.2) is 0 Å². The number of nitrogens with one attached hydrogen (secondary N) is 1. The molecule has 0 spiro atoms. The lowest BCUT2D eigenvalue weighted by Gasteiger charge is -2.34. The molecule has 1 aliphatic rings. The molecule has 1 aromatic rings. The molecule has 4 heteroatoms. The van der Waals surface area contributed by atoms with Crippen molar-refractivity contribution in [1.82, 2.24) is 5.32 Å². The maximum atomic E-state index is 11.5. The Morgan fingerprint density at radius 1 is 1.13 bits per heavy atom. The van der Waals surface area contributed by atoms with Gasteiger partial charge < -0.3 is 10.2 Å². The topological polar surface area (TPSA) is 69.6 Å². The summed E-state index contributed by atoms with van der Waals surface area (Å²) in [5, 5.41) is 22.8. The number of aliphatic hydroxyl groups is 1. The standard InChI is InChI=1S/C19H29NO3/c1-13(2)15-8-10-16(11-9-15)18(21)20-17(19(22)23)12-14-6-4-3-5-7-14/h3-7,13,15-18,20-21H,8-12H2,1-2H3,(H,22,23)/t15?,16?,17-,18-/m1/s1. The smallest absolute Gasteiger partial charge is 0.321 e. The molecule has 0 saturated heterocycles. The Morgan fingerprint density at radius 2 is 1.70 bits per heavy atom. The minimum absolute atomic E-state index is 0.155. The van der Waals surface area contributed by atoms with Crippen LogP contribution < -0.4 is 5.32 Å². The molecule has 1 aliphatic carbocycles. The van der Waals surface area contributed by atoms with Gasteiger partial charge in [0.05, 0.1) is 0 Å². The maximum absolute atomic E-state index is 11.5. The molecular weight excluding hydrogens is 290 g/mol. The number of hydrogen-bond donors (Lipinski definition) is 3. The van der Waals surface area contributed by atoms with Crippen molar-refractivity contribution < 1.29 is 15.0 Å². The lowest BCUT2D eigenvalue weighted by atomic mass is 9.76. The zero-order chi connectivity index (χ0) is 16.8. The average Bonchev–Trinajstić information content (AvgIpc) is 2.55. The number of carbonyl (C=O) groups is 1. The van der Waals surface area contributed by atoms with Gasteiger partial charge in [0, 0.05) is 0 Å². The van der Waals surface area contributed by atoms with Crippen LogP contribution in [0.5, 0.6) is 0 Å². The molecule has 0 amide bonds. The van der Waals surface area contributed by atoms with Crippen LogP contribution in [0.1, 0.15) is 45.1 Å². The fraction of sp³-hybridized carbons (Fsp3) is 0.632. The highest BCUT2D eigenvalue weighted by molar-refractivity contribution is 5.73. The van der Waals surface area contributed by atoms with Crippen LogP contribution in [0.2, 0.25) is 0 Å². The minimum atomic E-state index is -0.913.